The van der Waals surface area contributed by atoms with Crippen LogP contribution in [-0.4, -0.2) is 15.3 Å². The summed E-state index contributed by atoms with van der Waals surface area (Å²) >= 11 is 3.67. The fraction of sp³-hybridized carbons (Fsp3) is 0.222. The second-order valence-corrected chi connectivity index (χ2v) is 5.26. The third-order valence-corrected chi connectivity index (χ3v) is 4.34. The SMILES string of the molecule is NC1Cc2c(cccc2SBr)OC1=S=O. The number of benzene rings is 1. The fourth-order valence-electron chi connectivity index (χ4n) is 1.48. The molecule has 1 unspecified atom stereocenters. The molecule has 0 radical (unpaired) electrons. The number of ether oxygens (including phenoxy) is 1. The molecule has 1 aromatic carbocycles. The van der Waals surface area contributed by atoms with E-state index in [1.165, 1.54) is 10.2 Å². The lowest BCUT2D eigenvalue weighted by molar-refractivity contribution is 0.491. The van der Waals surface area contributed by atoms with Crippen molar-refractivity contribution in [2.24, 2.45) is 5.73 Å². The van der Waals surface area contributed by atoms with Crippen molar-refractivity contribution >= 4 is 41.3 Å². The van der Waals surface area contributed by atoms with Crippen LogP contribution in [0.4, 0.5) is 0 Å². The molecule has 0 saturated heterocycles. The van der Waals surface area contributed by atoms with Crippen molar-refractivity contribution in [1.82, 2.24) is 0 Å². The molecule has 0 aromatic heterocycles. The molecule has 15 heavy (non-hydrogen) atoms. The van der Waals surface area contributed by atoms with Crippen molar-refractivity contribution in [2.45, 2.75) is 17.4 Å². The van der Waals surface area contributed by atoms with E-state index in [9.17, 15) is 4.21 Å². The van der Waals surface area contributed by atoms with Gasteiger partial charge in [0, 0.05) is 16.9 Å². The highest BCUT2D eigenvalue weighted by Gasteiger charge is 2.25. The van der Waals surface area contributed by atoms with E-state index in [4.69, 9.17) is 10.5 Å². The summed E-state index contributed by atoms with van der Waals surface area (Å²) < 4.78 is 16.2. The average Bonchev–Trinajstić information content (AvgIpc) is 2.27. The van der Waals surface area contributed by atoms with E-state index in [1.54, 1.807) is 0 Å². The summed E-state index contributed by atoms with van der Waals surface area (Å²) in [5, 5.41) is 0.347. The summed E-state index contributed by atoms with van der Waals surface area (Å²) in [6.45, 7) is 0. The van der Waals surface area contributed by atoms with Crippen molar-refractivity contribution in [2.75, 3.05) is 0 Å². The Kier molecular flexibility index (Phi) is 3.50. The van der Waals surface area contributed by atoms with Gasteiger partial charge < -0.3 is 10.5 Å². The quantitative estimate of drug-likeness (QED) is 0.802. The van der Waals surface area contributed by atoms with Crippen molar-refractivity contribution in [3.63, 3.8) is 0 Å². The third kappa shape index (κ3) is 2.13. The van der Waals surface area contributed by atoms with Gasteiger partial charge in [-0.2, -0.15) is 0 Å². The highest BCUT2D eigenvalue weighted by Crippen LogP contribution is 2.36. The van der Waals surface area contributed by atoms with E-state index >= 15 is 0 Å². The zero-order valence-electron chi connectivity index (χ0n) is 7.60. The Hall–Kier alpha value is -0.300. The molecule has 0 saturated carbocycles. The van der Waals surface area contributed by atoms with Crippen molar-refractivity contribution in [1.29, 1.82) is 0 Å². The lowest BCUT2D eigenvalue weighted by Gasteiger charge is -2.23. The van der Waals surface area contributed by atoms with Gasteiger partial charge in [0.15, 0.2) is 0 Å². The Balaban J connectivity index is 2.48. The maximum absolute atomic E-state index is 10.7. The van der Waals surface area contributed by atoms with E-state index in [1.807, 2.05) is 18.2 Å². The number of hydrogen-bond acceptors (Lipinski definition) is 4. The third-order valence-electron chi connectivity index (χ3n) is 2.19. The Labute approximate surface area is 103 Å². The largest absolute Gasteiger partial charge is 0.446 e. The maximum atomic E-state index is 10.7. The van der Waals surface area contributed by atoms with Crippen LogP contribution < -0.4 is 10.5 Å². The van der Waals surface area contributed by atoms with E-state index in [2.05, 4.69) is 14.8 Å². The molecule has 0 spiro atoms. The number of halogens is 1. The highest BCUT2D eigenvalue weighted by molar-refractivity contribution is 9.50. The van der Waals surface area contributed by atoms with Gasteiger partial charge in [-0.25, -0.2) is 4.21 Å². The molecule has 1 aromatic rings. The molecule has 2 rings (SSSR count). The number of nitrogens with two attached hydrogens (primary N) is 1. The molecule has 0 amide bonds. The summed E-state index contributed by atoms with van der Waals surface area (Å²) in [5.41, 5.74) is 6.88. The summed E-state index contributed by atoms with van der Waals surface area (Å²) in [6, 6.07) is 5.42. The molecule has 6 heteroatoms. The van der Waals surface area contributed by atoms with Crippen LogP contribution in [0.15, 0.2) is 23.1 Å². The van der Waals surface area contributed by atoms with E-state index in [0.717, 1.165) is 16.2 Å². The zero-order valence-corrected chi connectivity index (χ0v) is 10.8. The smallest absolute Gasteiger partial charge is 0.213 e. The van der Waals surface area contributed by atoms with Crippen LogP contribution in [0.2, 0.25) is 0 Å². The summed E-state index contributed by atoms with van der Waals surface area (Å²) in [4.78, 5) is 1.08. The molecule has 0 fully saturated rings. The van der Waals surface area contributed by atoms with Gasteiger partial charge in [-0.05, 0) is 37.1 Å². The lowest BCUT2D eigenvalue weighted by atomic mass is 10.0. The monoisotopic (exact) mass is 305 g/mol. The highest BCUT2D eigenvalue weighted by atomic mass is 79.9. The molecule has 3 nitrogen and oxygen atoms in total. The first-order valence-electron chi connectivity index (χ1n) is 4.27. The minimum absolute atomic E-state index is 0.319. The van der Waals surface area contributed by atoms with Gasteiger partial charge in [0.2, 0.25) is 5.05 Å². The molecule has 2 N–H and O–H groups in total. The fourth-order valence-corrected chi connectivity index (χ4v) is 3.13. The van der Waals surface area contributed by atoms with Gasteiger partial charge in [-0.1, -0.05) is 6.07 Å². The van der Waals surface area contributed by atoms with Crippen LogP contribution in [0.25, 0.3) is 0 Å². The normalized spacial score (nSPS) is 19.3. The molecule has 1 heterocycles. The number of hydrogen-bond donors (Lipinski definition) is 1. The Morgan fingerprint density at radius 3 is 3.00 bits per heavy atom. The Morgan fingerprint density at radius 1 is 1.53 bits per heavy atom. The first-order chi connectivity index (χ1) is 7.26. The molecule has 0 aliphatic carbocycles. The van der Waals surface area contributed by atoms with Crippen LogP contribution in [0.5, 0.6) is 5.75 Å². The molecule has 0 bridgehead atoms. The van der Waals surface area contributed by atoms with Crippen LogP contribution in [0.3, 0.4) is 0 Å². The molecular weight excluding hydrogens is 298 g/mol. The second kappa shape index (κ2) is 4.69. The maximum Gasteiger partial charge on any atom is 0.213 e. The van der Waals surface area contributed by atoms with Crippen molar-refractivity contribution < 1.29 is 8.95 Å². The van der Waals surface area contributed by atoms with Gasteiger partial charge in [-0.3, -0.25) is 0 Å². The van der Waals surface area contributed by atoms with Crippen molar-refractivity contribution in [3.8, 4) is 5.75 Å². The lowest BCUT2D eigenvalue weighted by Crippen LogP contribution is -2.39. The van der Waals surface area contributed by atoms with Gasteiger partial charge >= 0.3 is 0 Å². The summed E-state index contributed by atoms with van der Waals surface area (Å²) in [6.07, 6.45) is 0.648. The summed E-state index contributed by atoms with van der Waals surface area (Å²) in [7, 11) is 1.48. The van der Waals surface area contributed by atoms with Crippen LogP contribution in [-0.2, 0) is 17.7 Å². The van der Waals surface area contributed by atoms with Gasteiger partial charge in [0.1, 0.15) is 17.0 Å². The van der Waals surface area contributed by atoms with Gasteiger partial charge in [0.05, 0.1) is 6.04 Å². The Bertz CT molecular complexity index is 446. The van der Waals surface area contributed by atoms with E-state index in [0.29, 0.717) is 22.7 Å². The minimum atomic E-state index is -0.319. The second-order valence-electron chi connectivity index (χ2n) is 3.13. The number of rotatable bonds is 1. The first-order valence-corrected chi connectivity index (χ1v) is 7.67. The van der Waals surface area contributed by atoms with Crippen LogP contribution in [0.1, 0.15) is 5.56 Å². The molecule has 1 aliphatic heterocycles. The molecule has 1 aliphatic rings. The number of fused-ring (bicyclic) bond motifs is 1. The van der Waals surface area contributed by atoms with Crippen LogP contribution in [0, 0.1) is 0 Å². The predicted octanol–water partition coefficient (Wildman–Crippen LogP) is 1.69. The van der Waals surface area contributed by atoms with Gasteiger partial charge in [0.25, 0.3) is 0 Å². The van der Waals surface area contributed by atoms with E-state index < -0.39 is 0 Å². The van der Waals surface area contributed by atoms with Crippen molar-refractivity contribution in [3.05, 3.63) is 23.8 Å². The topological polar surface area (TPSA) is 52.3 Å². The molecule has 80 valence electrons. The first kappa shape index (κ1) is 11.2. The van der Waals surface area contributed by atoms with E-state index in [-0.39, 0.29) is 6.04 Å². The molecule has 1 atom stereocenters. The average molecular weight is 306 g/mol. The van der Waals surface area contributed by atoms with Gasteiger partial charge in [-0.15, -0.1) is 0 Å². The predicted molar refractivity (Wildman–Crippen MR) is 66.7 cm³/mol. The Morgan fingerprint density at radius 2 is 2.33 bits per heavy atom. The summed E-state index contributed by atoms with van der Waals surface area (Å²) in [5.74, 6) is 0.736. The molecular formula is C9H8BrNO2S2. The zero-order chi connectivity index (χ0) is 10.8. The minimum Gasteiger partial charge on any atom is -0.446 e. The van der Waals surface area contributed by atoms with Crippen LogP contribution >= 0.6 is 25.0 Å². The standard InChI is InChI=1S/C9H8BrNO2S2/c10-14-8-3-1-2-7-5(8)4-6(11)9(13-7)15-12/h1-3,6H,4,11H2.